The number of nitrogens with two attached hydrogens (primary N) is 1. The first-order valence-corrected chi connectivity index (χ1v) is 12.3. The molecule has 2 rings (SSSR count). The van der Waals surface area contributed by atoms with E-state index in [9.17, 15) is 29.4 Å². The van der Waals surface area contributed by atoms with Crippen molar-refractivity contribution in [3.05, 3.63) is 65.7 Å². The zero-order valence-electron chi connectivity index (χ0n) is 21.5. The fourth-order valence-corrected chi connectivity index (χ4v) is 3.75. The van der Waals surface area contributed by atoms with Crippen molar-refractivity contribution in [1.82, 2.24) is 16.0 Å². The lowest BCUT2D eigenvalue weighted by molar-refractivity contribution is -0.143. The Bertz CT molecular complexity index is 1080. The van der Waals surface area contributed by atoms with Crippen molar-refractivity contribution in [2.75, 3.05) is 6.61 Å². The first-order chi connectivity index (χ1) is 18.0. The molecule has 2 aromatic rings. The Morgan fingerprint density at radius 1 is 0.763 bits per heavy atom. The number of rotatable bonds is 14. The fourth-order valence-electron chi connectivity index (χ4n) is 3.75. The molecule has 0 saturated carbocycles. The van der Waals surface area contributed by atoms with Gasteiger partial charge in [-0.25, -0.2) is 4.79 Å². The highest BCUT2D eigenvalue weighted by Crippen LogP contribution is 2.12. The van der Waals surface area contributed by atoms with Crippen LogP contribution in [-0.4, -0.2) is 69.8 Å². The lowest BCUT2D eigenvalue weighted by atomic mass is 10.00. The van der Waals surface area contributed by atoms with Gasteiger partial charge < -0.3 is 37.0 Å². The summed E-state index contributed by atoms with van der Waals surface area (Å²) in [6.07, 6.45) is 0.484. The molecule has 0 bridgehead atoms. The minimum atomic E-state index is -1.52. The molecule has 0 heterocycles. The van der Waals surface area contributed by atoms with E-state index in [1.165, 1.54) is 12.1 Å². The molecule has 0 fully saturated rings. The third-order valence-electron chi connectivity index (χ3n) is 5.78. The van der Waals surface area contributed by atoms with E-state index in [-0.39, 0.29) is 30.9 Å². The highest BCUT2D eigenvalue weighted by Gasteiger charge is 2.30. The third-order valence-corrected chi connectivity index (χ3v) is 5.78. The number of aliphatic hydroxyl groups is 1. The Kier molecular flexibility index (Phi) is 11.7. The molecule has 11 nitrogen and oxygen atoms in total. The van der Waals surface area contributed by atoms with E-state index >= 15 is 0 Å². The van der Waals surface area contributed by atoms with Gasteiger partial charge in [0.05, 0.1) is 12.6 Å². The van der Waals surface area contributed by atoms with Gasteiger partial charge in [0.25, 0.3) is 0 Å². The first-order valence-electron chi connectivity index (χ1n) is 12.3. The molecule has 0 spiro atoms. The van der Waals surface area contributed by atoms with E-state index < -0.39 is 54.5 Å². The molecule has 0 aliphatic carbocycles. The van der Waals surface area contributed by atoms with Crippen molar-refractivity contribution in [3.63, 3.8) is 0 Å². The second kappa shape index (κ2) is 14.7. The summed E-state index contributed by atoms with van der Waals surface area (Å²) in [6.45, 7) is 2.85. The van der Waals surface area contributed by atoms with Crippen molar-refractivity contribution in [2.45, 2.75) is 57.3 Å². The summed E-state index contributed by atoms with van der Waals surface area (Å²) in [7, 11) is 0. The van der Waals surface area contributed by atoms with Crippen molar-refractivity contribution in [1.29, 1.82) is 0 Å². The lowest BCUT2D eigenvalue weighted by Crippen LogP contribution is -2.58. The highest BCUT2D eigenvalue weighted by atomic mass is 16.4. The average molecular weight is 529 g/mol. The van der Waals surface area contributed by atoms with Crippen LogP contribution in [0.3, 0.4) is 0 Å². The van der Waals surface area contributed by atoms with E-state index in [0.29, 0.717) is 0 Å². The summed E-state index contributed by atoms with van der Waals surface area (Å²) in [5.41, 5.74) is 7.58. The van der Waals surface area contributed by atoms with Crippen LogP contribution in [0.5, 0.6) is 5.75 Å². The van der Waals surface area contributed by atoms with Crippen molar-refractivity contribution >= 4 is 23.7 Å². The number of aliphatic carboxylic acids is 1. The Labute approximate surface area is 221 Å². The van der Waals surface area contributed by atoms with Crippen LogP contribution in [0.2, 0.25) is 0 Å². The summed E-state index contributed by atoms with van der Waals surface area (Å²) < 4.78 is 0. The zero-order chi connectivity index (χ0) is 28.2. The van der Waals surface area contributed by atoms with Crippen LogP contribution in [0.1, 0.15) is 31.4 Å². The van der Waals surface area contributed by atoms with Crippen LogP contribution in [0.25, 0.3) is 0 Å². The maximum absolute atomic E-state index is 13.3. The van der Waals surface area contributed by atoms with Gasteiger partial charge in [0, 0.05) is 6.42 Å². The first kappa shape index (κ1) is 30.3. The summed E-state index contributed by atoms with van der Waals surface area (Å²) >= 11 is 0. The number of amides is 3. The lowest BCUT2D eigenvalue weighted by Gasteiger charge is -2.26. The molecule has 11 heteroatoms. The zero-order valence-corrected chi connectivity index (χ0v) is 21.5. The van der Waals surface area contributed by atoms with Crippen LogP contribution in [0.15, 0.2) is 54.6 Å². The number of benzene rings is 2. The van der Waals surface area contributed by atoms with Gasteiger partial charge in [-0.2, -0.15) is 0 Å². The van der Waals surface area contributed by atoms with Crippen molar-refractivity contribution in [3.8, 4) is 5.75 Å². The number of aliphatic hydroxyl groups excluding tert-OH is 1. The number of carboxylic acid groups (broad SMARTS) is 1. The summed E-state index contributed by atoms with van der Waals surface area (Å²) in [4.78, 5) is 50.3. The smallest absolute Gasteiger partial charge is 0.328 e. The topological polar surface area (TPSA) is 191 Å². The Hall–Kier alpha value is -3.96. The summed E-state index contributed by atoms with van der Waals surface area (Å²) in [5.74, 6) is -3.35. The number of aromatic hydroxyl groups is 1. The monoisotopic (exact) mass is 528 g/mol. The quantitative estimate of drug-likeness (QED) is 0.179. The molecule has 0 saturated heterocycles. The number of hydrogen-bond donors (Lipinski definition) is 7. The van der Waals surface area contributed by atoms with Gasteiger partial charge in [-0.05, 0) is 42.0 Å². The van der Waals surface area contributed by atoms with Gasteiger partial charge in [-0.1, -0.05) is 56.3 Å². The van der Waals surface area contributed by atoms with Crippen LogP contribution in [-0.2, 0) is 32.0 Å². The van der Waals surface area contributed by atoms with Gasteiger partial charge in [0.1, 0.15) is 23.9 Å². The predicted octanol–water partition coefficient (Wildman–Crippen LogP) is 0.0821. The van der Waals surface area contributed by atoms with E-state index in [4.69, 9.17) is 10.8 Å². The van der Waals surface area contributed by atoms with Gasteiger partial charge in [0.2, 0.25) is 17.7 Å². The SMILES string of the molecule is CC(C)CC(NC(=O)C(Cc1ccccc1)NC(=O)C(N)Cc1ccc(O)cc1)C(=O)NC(CO)C(=O)O. The van der Waals surface area contributed by atoms with Crippen LogP contribution < -0.4 is 21.7 Å². The van der Waals surface area contributed by atoms with E-state index in [1.807, 2.05) is 19.9 Å². The minimum Gasteiger partial charge on any atom is -0.508 e. The maximum atomic E-state index is 13.3. The average Bonchev–Trinajstić information content (AvgIpc) is 2.87. The normalized spacial score (nSPS) is 14.1. The fraction of sp³-hybridized carbons (Fsp3) is 0.407. The molecular formula is C27H36N4O7. The molecular weight excluding hydrogens is 492 g/mol. The molecule has 0 aliphatic rings. The second-order valence-corrected chi connectivity index (χ2v) is 9.50. The molecule has 0 radical (unpaired) electrons. The van der Waals surface area contributed by atoms with Crippen LogP contribution in [0, 0.1) is 5.92 Å². The molecule has 206 valence electrons. The number of hydrogen-bond acceptors (Lipinski definition) is 7. The molecule has 38 heavy (non-hydrogen) atoms. The maximum Gasteiger partial charge on any atom is 0.328 e. The van der Waals surface area contributed by atoms with Crippen molar-refractivity contribution < 1.29 is 34.5 Å². The van der Waals surface area contributed by atoms with E-state index in [2.05, 4.69) is 16.0 Å². The summed E-state index contributed by atoms with van der Waals surface area (Å²) in [5, 5.41) is 35.4. The molecule has 3 amide bonds. The largest absolute Gasteiger partial charge is 0.508 e. The Balaban J connectivity index is 2.19. The summed E-state index contributed by atoms with van der Waals surface area (Å²) in [6, 6.07) is 10.5. The Morgan fingerprint density at radius 3 is 1.84 bits per heavy atom. The highest BCUT2D eigenvalue weighted by molar-refractivity contribution is 5.94. The molecule has 4 unspecified atom stereocenters. The number of phenols is 1. The molecule has 4 atom stereocenters. The van der Waals surface area contributed by atoms with Crippen molar-refractivity contribution in [2.24, 2.45) is 11.7 Å². The molecule has 8 N–H and O–H groups in total. The Morgan fingerprint density at radius 2 is 1.29 bits per heavy atom. The standard InChI is InChI=1S/C27H36N4O7/c1-16(2)12-21(25(35)31-23(15-32)27(37)38)30-26(36)22(14-17-6-4-3-5-7-17)29-24(34)20(28)13-18-8-10-19(33)11-9-18/h3-11,16,20-23,32-33H,12-15,28H2,1-2H3,(H,29,34)(H,30,36)(H,31,35)(H,37,38). The minimum absolute atomic E-state index is 0.0376. The van der Waals surface area contributed by atoms with E-state index in [0.717, 1.165) is 11.1 Å². The van der Waals surface area contributed by atoms with Crippen LogP contribution in [0.4, 0.5) is 0 Å². The number of nitrogens with one attached hydrogen (secondary N) is 3. The third kappa shape index (κ3) is 9.83. The number of carbonyl (C=O) groups excluding carboxylic acids is 3. The number of carboxylic acids is 1. The van der Waals surface area contributed by atoms with Gasteiger partial charge in [0.15, 0.2) is 0 Å². The second-order valence-electron chi connectivity index (χ2n) is 9.50. The van der Waals surface area contributed by atoms with Gasteiger partial charge in [-0.15, -0.1) is 0 Å². The predicted molar refractivity (Wildman–Crippen MR) is 140 cm³/mol. The van der Waals surface area contributed by atoms with Gasteiger partial charge >= 0.3 is 5.97 Å². The molecule has 0 aliphatic heterocycles. The molecule has 2 aromatic carbocycles. The number of phenolic OH excluding ortho intramolecular Hbond substituents is 1. The number of carbonyl (C=O) groups is 4. The van der Waals surface area contributed by atoms with Gasteiger partial charge in [-0.3, -0.25) is 14.4 Å². The van der Waals surface area contributed by atoms with E-state index in [1.54, 1.807) is 36.4 Å². The van der Waals surface area contributed by atoms with Crippen LogP contribution >= 0.6 is 0 Å². The molecule has 0 aromatic heterocycles.